The maximum Gasteiger partial charge on any atom is 0.0769 e. The molecule has 0 spiro atoms. The van der Waals surface area contributed by atoms with Crippen molar-refractivity contribution in [1.29, 1.82) is 0 Å². The van der Waals surface area contributed by atoms with Crippen molar-refractivity contribution in [1.82, 2.24) is 29.9 Å². The summed E-state index contributed by atoms with van der Waals surface area (Å²) in [4.78, 5) is 28.8. The van der Waals surface area contributed by atoms with Crippen LogP contribution in [0.1, 0.15) is 202 Å². The van der Waals surface area contributed by atoms with E-state index < -0.39 is 0 Å². The summed E-state index contributed by atoms with van der Waals surface area (Å²) in [6.45, 7) is 18.5. The van der Waals surface area contributed by atoms with Crippen molar-refractivity contribution in [3.05, 3.63) is 106 Å². The van der Waals surface area contributed by atoms with Crippen LogP contribution >= 0.6 is 0 Å². The van der Waals surface area contributed by atoms with E-state index in [1.807, 2.05) is 24.8 Å². The number of aromatic nitrogens is 6. The lowest BCUT2D eigenvalue weighted by atomic mass is 9.94. The summed E-state index contributed by atoms with van der Waals surface area (Å²) in [5, 5.41) is 0. The Morgan fingerprint density at radius 2 is 0.766 bits per heavy atom. The first-order valence-electron chi connectivity index (χ1n) is 25.3. The third-order valence-electron chi connectivity index (χ3n) is 14.1. The van der Waals surface area contributed by atoms with Crippen molar-refractivity contribution in [3.8, 4) is 22.3 Å². The third-order valence-corrected chi connectivity index (χ3v) is 14.1. The minimum absolute atomic E-state index is 1.01. The van der Waals surface area contributed by atoms with Crippen LogP contribution in [0.2, 0.25) is 0 Å². The molecule has 0 fully saturated rings. The Labute approximate surface area is 385 Å². The van der Waals surface area contributed by atoms with Gasteiger partial charge in [-0.15, -0.1) is 0 Å². The monoisotopic (exact) mass is 857 g/mol. The fourth-order valence-electron chi connectivity index (χ4n) is 10.3. The van der Waals surface area contributed by atoms with E-state index >= 15 is 0 Å². The van der Waals surface area contributed by atoms with Crippen molar-refractivity contribution < 1.29 is 0 Å². The van der Waals surface area contributed by atoms with Crippen LogP contribution in [0.15, 0.2) is 61.2 Å². The molecule has 5 aromatic heterocycles. The fraction of sp³-hybridized carbons (Fsp3) is 0.483. The lowest BCUT2D eigenvalue weighted by Crippen LogP contribution is -1.91. The minimum Gasteiger partial charge on any atom is -0.354 e. The molecule has 2 aliphatic rings. The number of rotatable bonds is 22. The summed E-state index contributed by atoms with van der Waals surface area (Å²) in [6.07, 6.45) is 31.2. The molecule has 64 heavy (non-hydrogen) atoms. The van der Waals surface area contributed by atoms with Gasteiger partial charge in [0.2, 0.25) is 0 Å². The number of fused-ring (bicyclic) bond motifs is 8. The molecule has 0 radical (unpaired) electrons. The van der Waals surface area contributed by atoms with Gasteiger partial charge in [0.05, 0.1) is 33.8 Å². The van der Waals surface area contributed by atoms with E-state index in [4.69, 9.17) is 9.97 Å². The quantitative estimate of drug-likeness (QED) is 0.0679. The fourth-order valence-corrected chi connectivity index (χ4v) is 10.3. The number of pyridine rings is 2. The first-order chi connectivity index (χ1) is 31.3. The topological polar surface area (TPSA) is 83.1 Å². The summed E-state index contributed by atoms with van der Waals surface area (Å²) in [5.74, 6) is 0. The highest BCUT2D eigenvalue weighted by atomic mass is 14.8. The van der Waals surface area contributed by atoms with Gasteiger partial charge in [-0.3, -0.25) is 9.97 Å². The van der Waals surface area contributed by atoms with Gasteiger partial charge < -0.3 is 9.97 Å². The lowest BCUT2D eigenvalue weighted by Gasteiger charge is -2.09. The van der Waals surface area contributed by atoms with Crippen molar-refractivity contribution in [2.45, 2.75) is 184 Å². The summed E-state index contributed by atoms with van der Waals surface area (Å²) in [5.41, 5.74) is 24.3. The van der Waals surface area contributed by atoms with Crippen LogP contribution in [0, 0.1) is 13.8 Å². The first kappa shape index (κ1) is 46.9. The van der Waals surface area contributed by atoms with Crippen molar-refractivity contribution in [2.75, 3.05) is 0 Å². The average molecular weight is 857 g/mol. The van der Waals surface area contributed by atoms with Gasteiger partial charge in [-0.05, 0) is 171 Å². The standard InChI is InChI=1S/C58H76N6/c1-9-13-17-21-25-45-39(5)55-53(43-29-33-59-34-30-43)56-41(7)47(27-23-19-15-11-3)51(63-56)38-52-48(28-24-20-16-12-4)42(8)58(64-52)54(44-31-35-60-36-32-44)57-40(6)46(26-22-18-14-10-2)50(62-57)37-49(45)61-55/h29-38,61,64H,9-28H2,1-8H3. The van der Waals surface area contributed by atoms with E-state index in [-0.39, 0.29) is 0 Å². The Bertz CT molecular complexity index is 2410. The van der Waals surface area contributed by atoms with Crippen LogP contribution in [-0.4, -0.2) is 29.9 Å². The van der Waals surface area contributed by atoms with Gasteiger partial charge >= 0.3 is 0 Å². The van der Waals surface area contributed by atoms with E-state index in [2.05, 4.69) is 112 Å². The number of nitrogens with one attached hydrogen (secondary N) is 2. The van der Waals surface area contributed by atoms with E-state index in [9.17, 15) is 0 Å². The molecule has 0 aliphatic carbocycles. The second kappa shape index (κ2) is 22.7. The Balaban J connectivity index is 1.66. The number of unbranched alkanes of at least 4 members (excludes halogenated alkanes) is 12. The number of aryl methyl sites for hydroxylation is 4. The van der Waals surface area contributed by atoms with Crippen LogP contribution in [0.3, 0.4) is 0 Å². The normalized spacial score (nSPS) is 12.9. The van der Waals surface area contributed by atoms with Crippen LogP contribution in [0.5, 0.6) is 0 Å². The highest BCUT2D eigenvalue weighted by Gasteiger charge is 2.26. The molecule has 0 saturated heterocycles. The Morgan fingerprint density at radius 1 is 0.422 bits per heavy atom. The zero-order valence-corrected chi connectivity index (χ0v) is 40.7. The van der Waals surface area contributed by atoms with Crippen molar-refractivity contribution >= 4 is 44.4 Å². The zero-order valence-electron chi connectivity index (χ0n) is 40.7. The molecule has 0 amide bonds. The maximum atomic E-state index is 5.78. The number of allylic oxidation sites excluding steroid dienone is 4. The van der Waals surface area contributed by atoms with Gasteiger partial charge in [0.25, 0.3) is 0 Å². The van der Waals surface area contributed by atoms with Crippen molar-refractivity contribution in [2.24, 2.45) is 0 Å². The van der Waals surface area contributed by atoms with Crippen LogP contribution in [-0.2, 0) is 12.8 Å². The molecular weight excluding hydrogens is 781 g/mol. The number of hydrogen-bond acceptors (Lipinski definition) is 4. The predicted octanol–water partition coefficient (Wildman–Crippen LogP) is 17.1. The molecule has 7 heterocycles. The summed E-state index contributed by atoms with van der Waals surface area (Å²) in [6, 6.07) is 13.5. The largest absolute Gasteiger partial charge is 0.354 e. The third kappa shape index (κ3) is 10.4. The Morgan fingerprint density at radius 3 is 1.11 bits per heavy atom. The van der Waals surface area contributed by atoms with Crippen molar-refractivity contribution in [3.63, 3.8) is 0 Å². The van der Waals surface area contributed by atoms with E-state index in [1.165, 1.54) is 133 Å². The molecule has 0 atom stereocenters. The average Bonchev–Trinajstić information content (AvgIpc) is 3.99. The number of H-pyrrole nitrogens is 2. The highest BCUT2D eigenvalue weighted by molar-refractivity contribution is 6.03. The minimum atomic E-state index is 1.01. The summed E-state index contributed by atoms with van der Waals surface area (Å²) in [7, 11) is 0. The van der Waals surface area contributed by atoms with Gasteiger partial charge in [-0.2, -0.15) is 0 Å². The molecule has 0 saturated carbocycles. The Hall–Kier alpha value is -5.10. The molecular formula is C58H76N6. The molecule has 6 nitrogen and oxygen atoms in total. The number of hydrogen-bond donors (Lipinski definition) is 2. The molecule has 338 valence electrons. The highest BCUT2D eigenvalue weighted by Crippen LogP contribution is 2.44. The zero-order chi connectivity index (χ0) is 45.0. The van der Waals surface area contributed by atoms with Gasteiger partial charge in [0, 0.05) is 46.9 Å². The first-order valence-corrected chi connectivity index (χ1v) is 25.3. The second-order valence-corrected chi connectivity index (χ2v) is 18.7. The second-order valence-electron chi connectivity index (χ2n) is 18.7. The van der Waals surface area contributed by atoms with Crippen LogP contribution < -0.4 is 0 Å². The molecule has 8 bridgehead atoms. The molecule has 2 N–H and O–H groups in total. The molecule has 6 heteroatoms. The molecule has 7 rings (SSSR count). The van der Waals surface area contributed by atoms with Crippen LogP contribution in [0.25, 0.3) is 66.6 Å². The molecule has 2 aliphatic heterocycles. The Kier molecular flexibility index (Phi) is 16.6. The summed E-state index contributed by atoms with van der Waals surface area (Å²) < 4.78 is 0. The van der Waals surface area contributed by atoms with Crippen LogP contribution in [0.4, 0.5) is 0 Å². The smallest absolute Gasteiger partial charge is 0.0769 e. The number of nitrogens with zero attached hydrogens (tertiary/aromatic N) is 4. The van der Waals surface area contributed by atoms with Gasteiger partial charge in [0.1, 0.15) is 0 Å². The van der Waals surface area contributed by atoms with Gasteiger partial charge in [-0.25, -0.2) is 9.97 Å². The van der Waals surface area contributed by atoms with E-state index in [1.54, 1.807) is 0 Å². The molecule has 0 aromatic carbocycles. The molecule has 0 unspecified atom stereocenters. The van der Waals surface area contributed by atoms with E-state index in [0.29, 0.717) is 0 Å². The SMILES string of the molecule is CCCCCCC1=C(C)c2nc1cc1[nH]c(c(C)c1CCCCCC)c(-c1ccncc1)c1nc(cc3[nH]c(c(C)c3CCCCCC)c2-c2ccncc2)C(CCCCCC)=C1C. The predicted molar refractivity (Wildman–Crippen MR) is 275 cm³/mol. The maximum absolute atomic E-state index is 5.78. The summed E-state index contributed by atoms with van der Waals surface area (Å²) >= 11 is 0. The molecule has 5 aromatic rings. The van der Waals surface area contributed by atoms with Gasteiger partial charge in [-0.1, -0.05) is 105 Å². The van der Waals surface area contributed by atoms with Gasteiger partial charge in [0.15, 0.2) is 0 Å². The van der Waals surface area contributed by atoms with E-state index in [0.717, 1.165) is 107 Å². The lowest BCUT2D eigenvalue weighted by molar-refractivity contribution is 0.667. The number of aromatic amines is 2.